The average Bonchev–Trinajstić information content (AvgIpc) is 2.82. The van der Waals surface area contributed by atoms with Crippen LogP contribution in [0, 0.1) is 0 Å². The van der Waals surface area contributed by atoms with Crippen LogP contribution in [0.1, 0.15) is 110 Å². The van der Waals surface area contributed by atoms with Crippen LogP contribution in [0.15, 0.2) is 0 Å². The minimum absolute atomic E-state index is 0.345. The summed E-state index contributed by atoms with van der Waals surface area (Å²) in [5, 5.41) is 11.6. The summed E-state index contributed by atoms with van der Waals surface area (Å²) >= 11 is 0. The van der Waals surface area contributed by atoms with Crippen LogP contribution < -0.4 is 16.8 Å². The van der Waals surface area contributed by atoms with E-state index >= 15 is 0 Å². The predicted molar refractivity (Wildman–Crippen MR) is 141 cm³/mol. The molecule has 0 rings (SSSR count). The molecular formula is C24H55N3O6S. The minimum Gasteiger partial charge on any atom is -0.481 e. The minimum atomic E-state index is -3.66. The lowest BCUT2D eigenvalue weighted by molar-refractivity contribution is -0.137. The third kappa shape index (κ3) is 41.5. The summed E-state index contributed by atoms with van der Waals surface area (Å²) in [5.74, 6) is -0.653. The van der Waals surface area contributed by atoms with Crippen molar-refractivity contribution in [3.8, 4) is 0 Å². The fourth-order valence-corrected chi connectivity index (χ4v) is 3.18. The van der Waals surface area contributed by atoms with Crippen LogP contribution in [0.3, 0.4) is 0 Å². The molecule has 0 saturated heterocycles. The zero-order chi connectivity index (χ0) is 26.3. The van der Waals surface area contributed by atoms with Crippen LogP contribution in [0.4, 0.5) is 0 Å². The first-order valence-corrected chi connectivity index (χ1v) is 14.3. The van der Waals surface area contributed by atoms with Crippen LogP contribution in [-0.2, 0) is 23.6 Å². The van der Waals surface area contributed by atoms with Gasteiger partial charge in [0.15, 0.2) is 0 Å². The summed E-state index contributed by atoms with van der Waals surface area (Å²) in [6, 6.07) is 0. The van der Waals surface area contributed by atoms with Gasteiger partial charge in [-0.05, 0) is 6.42 Å². The maximum absolute atomic E-state index is 10.3. The summed E-state index contributed by atoms with van der Waals surface area (Å²) < 4.78 is 27.5. The Morgan fingerprint density at radius 2 is 1.03 bits per heavy atom. The van der Waals surface area contributed by atoms with Gasteiger partial charge in [0.2, 0.25) is 0 Å². The molecular weight excluding hydrogens is 458 g/mol. The van der Waals surface area contributed by atoms with Crippen molar-refractivity contribution in [2.45, 2.75) is 110 Å². The summed E-state index contributed by atoms with van der Waals surface area (Å²) in [6.07, 6.45) is 20.2. The summed E-state index contributed by atoms with van der Waals surface area (Å²) in [4.78, 5) is 10.3. The SMILES string of the molecule is CCCCCCCCCCCCCCCCCC(=O)O.COS(=O)(=O)OC.NCCNCCN. The van der Waals surface area contributed by atoms with Gasteiger partial charge in [-0.25, -0.2) is 0 Å². The largest absolute Gasteiger partial charge is 0.481 e. The standard InChI is InChI=1S/C18H36O2.C4H13N3.C2H6O4S/c1-2-3-4-5-6-7-8-9-10-11-12-13-14-15-16-17-18(19)20;5-1-3-7-4-2-6;1-5-7(3,4)6-2/h2-17H2,1H3,(H,19,20);7H,1-6H2;1-2H3. The first kappa shape index (κ1) is 37.8. The van der Waals surface area contributed by atoms with Crippen LogP contribution in [0.5, 0.6) is 0 Å². The molecule has 0 saturated carbocycles. The van der Waals surface area contributed by atoms with E-state index in [1.54, 1.807) is 0 Å². The molecule has 208 valence electrons. The van der Waals surface area contributed by atoms with Gasteiger partial charge < -0.3 is 21.9 Å². The van der Waals surface area contributed by atoms with Crippen LogP contribution in [0.2, 0.25) is 0 Å². The lowest BCUT2D eigenvalue weighted by Crippen LogP contribution is -2.27. The Hall–Kier alpha value is -0.780. The lowest BCUT2D eigenvalue weighted by Gasteiger charge is -2.03. The van der Waals surface area contributed by atoms with E-state index in [0.717, 1.165) is 40.2 Å². The van der Waals surface area contributed by atoms with E-state index in [9.17, 15) is 13.2 Å². The molecule has 0 aliphatic rings. The molecule has 0 atom stereocenters. The highest BCUT2D eigenvalue weighted by Crippen LogP contribution is 2.13. The van der Waals surface area contributed by atoms with Crippen molar-refractivity contribution in [3.05, 3.63) is 0 Å². The van der Waals surface area contributed by atoms with Crippen LogP contribution in [-0.4, -0.2) is 59.9 Å². The van der Waals surface area contributed by atoms with Gasteiger partial charge in [0.1, 0.15) is 0 Å². The van der Waals surface area contributed by atoms with E-state index in [1.807, 2.05) is 0 Å². The molecule has 9 nitrogen and oxygen atoms in total. The van der Waals surface area contributed by atoms with Crippen molar-refractivity contribution < 1.29 is 26.7 Å². The number of nitrogens with one attached hydrogen (secondary N) is 1. The highest BCUT2D eigenvalue weighted by molar-refractivity contribution is 7.81. The van der Waals surface area contributed by atoms with Crippen molar-refractivity contribution in [2.24, 2.45) is 11.5 Å². The van der Waals surface area contributed by atoms with E-state index in [-0.39, 0.29) is 0 Å². The summed E-state index contributed by atoms with van der Waals surface area (Å²) in [6.45, 7) is 5.40. The van der Waals surface area contributed by atoms with Crippen LogP contribution >= 0.6 is 0 Å². The molecule has 6 N–H and O–H groups in total. The normalized spacial score (nSPS) is 10.7. The Morgan fingerprint density at radius 3 is 1.26 bits per heavy atom. The van der Waals surface area contributed by atoms with Crippen molar-refractivity contribution in [3.63, 3.8) is 0 Å². The van der Waals surface area contributed by atoms with Crippen LogP contribution in [0.25, 0.3) is 0 Å². The highest BCUT2D eigenvalue weighted by Gasteiger charge is 2.01. The van der Waals surface area contributed by atoms with Gasteiger partial charge in [-0.2, -0.15) is 8.42 Å². The van der Waals surface area contributed by atoms with Gasteiger partial charge in [0, 0.05) is 32.6 Å². The molecule has 0 fully saturated rings. The topological polar surface area (TPSA) is 154 Å². The number of hydrogen-bond acceptors (Lipinski definition) is 8. The second-order valence-electron chi connectivity index (χ2n) is 8.16. The molecule has 0 aromatic heterocycles. The molecule has 10 heteroatoms. The molecule has 0 aromatic rings. The van der Waals surface area contributed by atoms with Gasteiger partial charge in [-0.15, -0.1) is 0 Å². The molecule has 0 spiro atoms. The number of carbonyl (C=O) groups is 1. The number of rotatable bonds is 22. The molecule has 0 radical (unpaired) electrons. The average molecular weight is 514 g/mol. The van der Waals surface area contributed by atoms with Crippen molar-refractivity contribution >= 4 is 16.4 Å². The molecule has 34 heavy (non-hydrogen) atoms. The van der Waals surface area contributed by atoms with Crippen molar-refractivity contribution in [1.29, 1.82) is 0 Å². The number of hydrogen-bond donors (Lipinski definition) is 4. The first-order chi connectivity index (χ1) is 16.3. The number of carboxylic acid groups (broad SMARTS) is 1. The Balaban J connectivity index is -0.000000558. The zero-order valence-electron chi connectivity index (χ0n) is 22.2. The molecule has 0 aliphatic carbocycles. The van der Waals surface area contributed by atoms with E-state index in [0.29, 0.717) is 19.5 Å². The lowest BCUT2D eigenvalue weighted by atomic mass is 10.0. The zero-order valence-corrected chi connectivity index (χ0v) is 23.0. The molecule has 0 aliphatic heterocycles. The quantitative estimate of drug-likeness (QED) is 0.155. The van der Waals surface area contributed by atoms with E-state index in [4.69, 9.17) is 16.6 Å². The van der Waals surface area contributed by atoms with Gasteiger partial charge in [-0.1, -0.05) is 96.8 Å². The smallest absolute Gasteiger partial charge is 0.399 e. The fourth-order valence-electron chi connectivity index (χ4n) is 3.04. The van der Waals surface area contributed by atoms with Gasteiger partial charge >= 0.3 is 16.4 Å². The second-order valence-corrected chi connectivity index (χ2v) is 9.65. The molecule has 0 aromatic carbocycles. The predicted octanol–water partition coefficient (Wildman–Crippen LogP) is 4.35. The Labute approximate surface area is 210 Å². The highest BCUT2D eigenvalue weighted by atomic mass is 32.3. The second kappa shape index (κ2) is 32.2. The summed E-state index contributed by atoms with van der Waals surface area (Å²) in [7, 11) is -1.60. The van der Waals surface area contributed by atoms with E-state index in [1.165, 1.54) is 83.5 Å². The fraction of sp³-hybridized carbons (Fsp3) is 0.958. The van der Waals surface area contributed by atoms with Gasteiger partial charge in [0.25, 0.3) is 0 Å². The van der Waals surface area contributed by atoms with E-state index < -0.39 is 16.4 Å². The maximum Gasteiger partial charge on any atom is 0.399 e. The first-order valence-electron chi connectivity index (χ1n) is 13.0. The van der Waals surface area contributed by atoms with E-state index in [2.05, 4.69) is 20.6 Å². The number of carboxylic acids is 1. The number of aliphatic carboxylic acids is 1. The molecule has 0 heterocycles. The number of unbranched alkanes of at least 4 members (excludes halogenated alkanes) is 14. The summed E-state index contributed by atoms with van der Waals surface area (Å²) in [5.41, 5.74) is 10.3. The Bertz CT molecular complexity index is 479. The Kier molecular flexibility index (Phi) is 35.8. The van der Waals surface area contributed by atoms with Crippen molar-refractivity contribution in [1.82, 2.24) is 5.32 Å². The third-order valence-electron chi connectivity index (χ3n) is 5.04. The molecule has 0 unspecified atom stereocenters. The maximum atomic E-state index is 10.3. The molecule has 0 bridgehead atoms. The van der Waals surface area contributed by atoms with Gasteiger partial charge in [0.05, 0.1) is 14.2 Å². The van der Waals surface area contributed by atoms with Crippen molar-refractivity contribution in [2.75, 3.05) is 40.4 Å². The molecule has 0 amide bonds. The van der Waals surface area contributed by atoms with Gasteiger partial charge in [-0.3, -0.25) is 13.2 Å². The number of nitrogens with two attached hydrogens (primary N) is 2. The monoisotopic (exact) mass is 513 g/mol. The Morgan fingerprint density at radius 1 is 0.706 bits per heavy atom. The third-order valence-corrected chi connectivity index (χ3v) is 5.86.